The van der Waals surface area contributed by atoms with E-state index in [4.69, 9.17) is 9.47 Å². The first-order chi connectivity index (χ1) is 11.6. The molecule has 0 aromatic heterocycles. The lowest BCUT2D eigenvalue weighted by atomic mass is 9.79. The lowest BCUT2D eigenvalue weighted by molar-refractivity contribution is -0.150. The van der Waals surface area contributed by atoms with Crippen molar-refractivity contribution in [3.05, 3.63) is 41.5 Å². The van der Waals surface area contributed by atoms with Gasteiger partial charge in [-0.25, -0.2) is 4.79 Å². The molecule has 0 bridgehead atoms. The Morgan fingerprint density at radius 1 is 1.25 bits per heavy atom. The van der Waals surface area contributed by atoms with E-state index in [1.807, 2.05) is 36.4 Å². The zero-order chi connectivity index (χ0) is 17.4. The van der Waals surface area contributed by atoms with Gasteiger partial charge < -0.3 is 9.47 Å². The number of carbonyl (C=O) groups is 2. The van der Waals surface area contributed by atoms with Crippen LogP contribution in [0.15, 0.2) is 35.9 Å². The molecule has 0 amide bonds. The average Bonchev–Trinajstić information content (AvgIpc) is 2.56. The molecule has 1 aliphatic rings. The Hall–Kier alpha value is -2.54. The van der Waals surface area contributed by atoms with E-state index >= 15 is 0 Å². The lowest BCUT2D eigenvalue weighted by Crippen LogP contribution is -2.37. The van der Waals surface area contributed by atoms with Crippen LogP contribution in [0, 0.1) is 11.8 Å². The van der Waals surface area contributed by atoms with Crippen molar-refractivity contribution in [3.8, 4) is 11.8 Å². The number of hydrogen-bond donors (Lipinski definition) is 0. The summed E-state index contributed by atoms with van der Waals surface area (Å²) in [5.41, 5.74) is 0.892. The van der Waals surface area contributed by atoms with Crippen LogP contribution in [0.1, 0.15) is 45.1 Å². The van der Waals surface area contributed by atoms with Gasteiger partial charge in [0.1, 0.15) is 0 Å². The minimum absolute atomic E-state index is 0.265. The van der Waals surface area contributed by atoms with E-state index in [-0.39, 0.29) is 6.61 Å². The highest BCUT2D eigenvalue weighted by atomic mass is 16.6. The lowest BCUT2D eigenvalue weighted by Gasteiger charge is -2.34. The summed E-state index contributed by atoms with van der Waals surface area (Å²) in [5, 5.41) is 0. The summed E-state index contributed by atoms with van der Waals surface area (Å²) in [4.78, 5) is 23.3. The molecule has 0 radical (unpaired) electrons. The molecular formula is C20H22O4. The van der Waals surface area contributed by atoms with Gasteiger partial charge in [0.15, 0.2) is 5.60 Å². The minimum atomic E-state index is -1.05. The highest BCUT2D eigenvalue weighted by Crippen LogP contribution is 2.37. The molecule has 0 N–H and O–H groups in total. The molecule has 1 atom stereocenters. The van der Waals surface area contributed by atoms with Gasteiger partial charge in [0.05, 0.1) is 6.61 Å². The Balaban J connectivity index is 2.42. The molecule has 0 aliphatic heterocycles. The van der Waals surface area contributed by atoms with Gasteiger partial charge in [0, 0.05) is 19.3 Å². The number of carbonyl (C=O) groups excluding carboxylic acids is 2. The molecule has 0 heterocycles. The summed E-state index contributed by atoms with van der Waals surface area (Å²) in [7, 11) is 0. The maximum absolute atomic E-state index is 11.7. The number of hydrogen-bond acceptors (Lipinski definition) is 4. The van der Waals surface area contributed by atoms with Crippen LogP contribution in [0.4, 0.5) is 0 Å². The van der Waals surface area contributed by atoms with Crippen molar-refractivity contribution in [1.29, 1.82) is 0 Å². The van der Waals surface area contributed by atoms with Gasteiger partial charge in [-0.15, -0.1) is 0 Å². The molecule has 126 valence electrons. The summed E-state index contributed by atoms with van der Waals surface area (Å²) in [6.45, 7) is 3.35. The summed E-state index contributed by atoms with van der Waals surface area (Å²) in [6.07, 6.45) is 5.25. The number of ether oxygens (including phenoxy) is 2. The van der Waals surface area contributed by atoms with Crippen LogP contribution in [0.2, 0.25) is 0 Å². The normalized spacial score (nSPS) is 21.5. The van der Waals surface area contributed by atoms with E-state index in [9.17, 15) is 9.59 Å². The molecule has 2 rings (SSSR count). The van der Waals surface area contributed by atoms with E-state index in [0.29, 0.717) is 6.42 Å². The van der Waals surface area contributed by atoms with Crippen LogP contribution < -0.4 is 0 Å². The highest BCUT2D eigenvalue weighted by molar-refractivity contribution is 5.89. The largest absolute Gasteiger partial charge is 0.456 e. The van der Waals surface area contributed by atoms with Crippen LogP contribution in [0.5, 0.6) is 0 Å². The van der Waals surface area contributed by atoms with Crippen molar-refractivity contribution in [3.63, 3.8) is 0 Å². The molecular weight excluding hydrogens is 304 g/mol. The fourth-order valence-corrected chi connectivity index (χ4v) is 2.84. The van der Waals surface area contributed by atoms with E-state index < -0.39 is 17.5 Å². The summed E-state index contributed by atoms with van der Waals surface area (Å²) in [6, 6.07) is 9.82. The van der Waals surface area contributed by atoms with Crippen molar-refractivity contribution in [2.24, 2.45) is 0 Å². The van der Waals surface area contributed by atoms with Crippen molar-refractivity contribution < 1.29 is 19.1 Å². The molecule has 1 aliphatic carbocycles. The second-order valence-electron chi connectivity index (χ2n) is 5.68. The molecule has 0 saturated heterocycles. The maximum Gasteiger partial charge on any atom is 0.384 e. The average molecular weight is 326 g/mol. The standard InChI is InChI=1S/C20H22O4/c1-3-23-19(22)12-14-20(24-16(2)21)13-8-7-11-18(20)15-17-9-5-4-6-10-17/h4-6,9-10,15H,3,7-8,11,13H2,1-2H3/b18-15+. The van der Waals surface area contributed by atoms with E-state index in [1.54, 1.807) is 6.92 Å². The van der Waals surface area contributed by atoms with Gasteiger partial charge in [0.25, 0.3) is 0 Å². The third-order valence-corrected chi connectivity index (χ3v) is 3.84. The first kappa shape index (κ1) is 17.8. The first-order valence-electron chi connectivity index (χ1n) is 8.21. The van der Waals surface area contributed by atoms with Crippen LogP contribution in [-0.2, 0) is 19.1 Å². The predicted molar refractivity (Wildman–Crippen MR) is 91.8 cm³/mol. The molecule has 1 aromatic rings. The molecule has 0 spiro atoms. The number of rotatable bonds is 3. The fourth-order valence-electron chi connectivity index (χ4n) is 2.84. The third-order valence-electron chi connectivity index (χ3n) is 3.84. The van der Waals surface area contributed by atoms with Crippen LogP contribution in [-0.4, -0.2) is 24.1 Å². The predicted octanol–water partition coefficient (Wildman–Crippen LogP) is 3.51. The monoisotopic (exact) mass is 326 g/mol. The fraction of sp³-hybridized carbons (Fsp3) is 0.400. The Labute approximate surface area is 142 Å². The van der Waals surface area contributed by atoms with Gasteiger partial charge in [-0.1, -0.05) is 36.4 Å². The van der Waals surface area contributed by atoms with Crippen LogP contribution >= 0.6 is 0 Å². The molecule has 24 heavy (non-hydrogen) atoms. The van der Waals surface area contributed by atoms with Crippen LogP contribution in [0.3, 0.4) is 0 Å². The second kappa shape index (κ2) is 8.35. The Kier molecular flexibility index (Phi) is 6.20. The molecule has 1 aromatic carbocycles. The third kappa shape index (κ3) is 4.73. The summed E-state index contributed by atoms with van der Waals surface area (Å²) in [5.74, 6) is 4.36. The Bertz CT molecular complexity index is 679. The van der Waals surface area contributed by atoms with Crippen LogP contribution in [0.25, 0.3) is 6.08 Å². The topological polar surface area (TPSA) is 52.6 Å². The van der Waals surface area contributed by atoms with Gasteiger partial charge in [-0.2, -0.15) is 0 Å². The van der Waals surface area contributed by atoms with Crippen molar-refractivity contribution in [2.45, 2.75) is 45.1 Å². The quantitative estimate of drug-likeness (QED) is 0.484. The zero-order valence-electron chi connectivity index (χ0n) is 14.1. The Morgan fingerprint density at radius 3 is 2.67 bits per heavy atom. The van der Waals surface area contributed by atoms with E-state index in [2.05, 4.69) is 11.8 Å². The van der Waals surface area contributed by atoms with E-state index in [0.717, 1.165) is 30.4 Å². The second-order valence-corrected chi connectivity index (χ2v) is 5.68. The zero-order valence-corrected chi connectivity index (χ0v) is 14.1. The summed E-state index contributed by atoms with van der Waals surface area (Å²) < 4.78 is 10.5. The molecule has 1 unspecified atom stereocenters. The molecule has 4 nitrogen and oxygen atoms in total. The van der Waals surface area contributed by atoms with Crippen molar-refractivity contribution in [2.75, 3.05) is 6.61 Å². The van der Waals surface area contributed by atoms with Gasteiger partial charge in [-0.05, 0) is 43.2 Å². The molecule has 1 fully saturated rings. The smallest absolute Gasteiger partial charge is 0.384 e. The maximum atomic E-state index is 11.7. The van der Waals surface area contributed by atoms with Crippen molar-refractivity contribution >= 4 is 18.0 Å². The van der Waals surface area contributed by atoms with E-state index in [1.165, 1.54) is 6.92 Å². The van der Waals surface area contributed by atoms with Crippen molar-refractivity contribution in [1.82, 2.24) is 0 Å². The molecule has 1 saturated carbocycles. The number of esters is 2. The minimum Gasteiger partial charge on any atom is -0.456 e. The SMILES string of the molecule is CCOC(=O)C#CC1(OC(C)=O)CCCC/C1=C\c1ccccc1. The Morgan fingerprint density at radius 2 is 2.00 bits per heavy atom. The molecule has 4 heteroatoms. The highest BCUT2D eigenvalue weighted by Gasteiger charge is 2.38. The van der Waals surface area contributed by atoms with Gasteiger partial charge >= 0.3 is 11.9 Å². The number of benzene rings is 1. The first-order valence-corrected chi connectivity index (χ1v) is 8.21. The summed E-state index contributed by atoms with van der Waals surface area (Å²) >= 11 is 0. The van der Waals surface area contributed by atoms with Gasteiger partial charge in [-0.3, -0.25) is 4.79 Å². The van der Waals surface area contributed by atoms with Gasteiger partial charge in [0.2, 0.25) is 0 Å².